The van der Waals surface area contributed by atoms with Gasteiger partial charge in [-0.15, -0.1) is 11.3 Å². The van der Waals surface area contributed by atoms with Gasteiger partial charge in [0.1, 0.15) is 0 Å². The van der Waals surface area contributed by atoms with Gasteiger partial charge in [0.2, 0.25) is 0 Å². The van der Waals surface area contributed by atoms with Crippen molar-refractivity contribution in [3.63, 3.8) is 0 Å². The van der Waals surface area contributed by atoms with Crippen molar-refractivity contribution in [1.29, 1.82) is 0 Å². The first kappa shape index (κ1) is 14.4. The summed E-state index contributed by atoms with van der Waals surface area (Å²) in [6, 6.07) is 10.5. The molecule has 0 aliphatic carbocycles. The maximum atomic E-state index is 6.22. The van der Waals surface area contributed by atoms with Gasteiger partial charge < -0.3 is 5.73 Å². The number of nitrogen functional groups attached to an aromatic ring is 1. The van der Waals surface area contributed by atoms with E-state index in [1.54, 1.807) is 0 Å². The molecule has 1 unspecified atom stereocenters. The molecule has 1 aromatic heterocycles. The summed E-state index contributed by atoms with van der Waals surface area (Å²) in [5, 5.41) is 2.87. The van der Waals surface area contributed by atoms with E-state index < -0.39 is 0 Å². The Morgan fingerprint density at radius 2 is 2.16 bits per heavy atom. The molecule has 2 rings (SSSR count). The van der Waals surface area contributed by atoms with Crippen LogP contribution in [0.5, 0.6) is 0 Å². The second-order valence-corrected chi connectivity index (χ2v) is 6.34. The van der Waals surface area contributed by atoms with E-state index in [0.29, 0.717) is 11.7 Å². The molecule has 0 aliphatic rings. The minimum Gasteiger partial charge on any atom is -0.399 e. The van der Waals surface area contributed by atoms with Crippen LogP contribution in [-0.2, 0) is 13.0 Å². The zero-order chi connectivity index (χ0) is 13.8. The summed E-state index contributed by atoms with van der Waals surface area (Å²) in [4.78, 5) is 3.74. The number of hydrogen-bond acceptors (Lipinski definition) is 3. The molecule has 19 heavy (non-hydrogen) atoms. The van der Waals surface area contributed by atoms with E-state index in [1.165, 1.54) is 4.88 Å². The molecule has 2 nitrogen and oxygen atoms in total. The summed E-state index contributed by atoms with van der Waals surface area (Å²) in [7, 11) is 2.13. The molecule has 0 fully saturated rings. The third kappa shape index (κ3) is 3.96. The van der Waals surface area contributed by atoms with Gasteiger partial charge in [0, 0.05) is 28.2 Å². The van der Waals surface area contributed by atoms with Crippen LogP contribution in [0.15, 0.2) is 35.7 Å². The Morgan fingerprint density at radius 1 is 1.37 bits per heavy atom. The lowest BCUT2D eigenvalue weighted by Gasteiger charge is -2.24. The monoisotopic (exact) mass is 294 g/mol. The van der Waals surface area contributed by atoms with E-state index in [0.717, 1.165) is 23.6 Å². The van der Waals surface area contributed by atoms with Crippen molar-refractivity contribution in [2.45, 2.75) is 25.9 Å². The van der Waals surface area contributed by atoms with Crippen LogP contribution in [0.4, 0.5) is 5.69 Å². The first-order chi connectivity index (χ1) is 9.06. The van der Waals surface area contributed by atoms with Crippen molar-refractivity contribution >= 4 is 28.6 Å². The van der Waals surface area contributed by atoms with E-state index in [2.05, 4.69) is 36.4 Å². The zero-order valence-corrected chi connectivity index (χ0v) is 12.8. The van der Waals surface area contributed by atoms with Crippen molar-refractivity contribution in [2.75, 3.05) is 12.8 Å². The molecule has 2 N–H and O–H groups in total. The second kappa shape index (κ2) is 6.42. The fourth-order valence-corrected chi connectivity index (χ4v) is 3.07. The third-order valence-corrected chi connectivity index (χ3v) is 4.58. The highest BCUT2D eigenvalue weighted by atomic mass is 35.5. The van der Waals surface area contributed by atoms with Crippen molar-refractivity contribution < 1.29 is 0 Å². The fraction of sp³-hybridized carbons (Fsp3) is 0.333. The average Bonchev–Trinajstić information content (AvgIpc) is 2.85. The van der Waals surface area contributed by atoms with Gasteiger partial charge in [0.05, 0.1) is 0 Å². The predicted octanol–water partition coefficient (Wildman–Crippen LogP) is 4.05. The molecule has 4 heteroatoms. The Balaban J connectivity index is 1.98. The normalized spacial score (nSPS) is 12.8. The Labute approximate surface area is 123 Å². The minimum atomic E-state index is 0.479. The summed E-state index contributed by atoms with van der Waals surface area (Å²) in [6.07, 6.45) is 1.07. The smallest absolute Gasteiger partial charge is 0.0471 e. The summed E-state index contributed by atoms with van der Waals surface area (Å²) >= 11 is 8.03. The van der Waals surface area contributed by atoms with Crippen LogP contribution in [0.25, 0.3) is 0 Å². The molecule has 1 atom stereocenters. The highest BCUT2D eigenvalue weighted by molar-refractivity contribution is 7.09. The van der Waals surface area contributed by atoms with E-state index in [1.807, 2.05) is 29.5 Å². The Hall–Kier alpha value is -1.03. The molecular formula is C15H19ClN2S. The summed E-state index contributed by atoms with van der Waals surface area (Å²) in [5.74, 6) is 0. The number of hydrogen-bond donors (Lipinski definition) is 1. The van der Waals surface area contributed by atoms with Gasteiger partial charge in [0.15, 0.2) is 0 Å². The number of nitrogens with zero attached hydrogens (tertiary/aromatic N) is 1. The van der Waals surface area contributed by atoms with Crippen molar-refractivity contribution in [2.24, 2.45) is 0 Å². The number of thiophene rings is 1. The van der Waals surface area contributed by atoms with E-state index in [9.17, 15) is 0 Å². The van der Waals surface area contributed by atoms with Crippen LogP contribution in [0.1, 0.15) is 17.4 Å². The van der Waals surface area contributed by atoms with E-state index in [4.69, 9.17) is 17.3 Å². The summed E-state index contributed by atoms with van der Waals surface area (Å²) < 4.78 is 0. The highest BCUT2D eigenvalue weighted by Crippen LogP contribution is 2.22. The standard InChI is InChI=1S/C15H19ClN2S/c1-11(8-14-4-3-7-19-14)18(2)10-12-5-6-13(17)9-15(12)16/h3-7,9,11H,8,10,17H2,1-2H3. The van der Waals surface area contributed by atoms with Gasteiger partial charge in [-0.25, -0.2) is 0 Å². The van der Waals surface area contributed by atoms with Gasteiger partial charge in [0.25, 0.3) is 0 Å². The van der Waals surface area contributed by atoms with Crippen LogP contribution in [0, 0.1) is 0 Å². The number of nitrogens with two attached hydrogens (primary N) is 1. The topological polar surface area (TPSA) is 29.3 Å². The second-order valence-electron chi connectivity index (χ2n) is 4.90. The lowest BCUT2D eigenvalue weighted by Crippen LogP contribution is -2.30. The van der Waals surface area contributed by atoms with Crippen LogP contribution in [0.3, 0.4) is 0 Å². The van der Waals surface area contributed by atoms with Crippen LogP contribution in [0.2, 0.25) is 5.02 Å². The van der Waals surface area contributed by atoms with E-state index >= 15 is 0 Å². The molecule has 0 saturated heterocycles. The Kier molecular flexibility index (Phi) is 4.86. The fourth-order valence-electron chi connectivity index (χ4n) is 1.99. The molecule has 1 heterocycles. The van der Waals surface area contributed by atoms with Gasteiger partial charge in [-0.3, -0.25) is 4.90 Å². The number of benzene rings is 1. The number of anilines is 1. The van der Waals surface area contributed by atoms with Crippen molar-refractivity contribution in [3.8, 4) is 0 Å². The maximum absolute atomic E-state index is 6.22. The third-order valence-electron chi connectivity index (χ3n) is 3.33. The van der Waals surface area contributed by atoms with Crippen LogP contribution >= 0.6 is 22.9 Å². The number of likely N-dealkylation sites (N-methyl/N-ethyl adjacent to an activating group) is 1. The molecule has 0 amide bonds. The maximum Gasteiger partial charge on any atom is 0.0471 e. The van der Waals surface area contributed by atoms with Gasteiger partial charge in [-0.2, -0.15) is 0 Å². The van der Waals surface area contributed by atoms with Gasteiger partial charge in [-0.1, -0.05) is 23.7 Å². The molecule has 102 valence electrons. The number of halogens is 1. The summed E-state index contributed by atoms with van der Waals surface area (Å²) in [5.41, 5.74) is 7.54. The molecule has 0 radical (unpaired) electrons. The first-order valence-electron chi connectivity index (χ1n) is 6.33. The lowest BCUT2D eigenvalue weighted by molar-refractivity contribution is 0.249. The SMILES string of the molecule is CC(Cc1cccs1)N(C)Cc1ccc(N)cc1Cl. The molecule has 1 aromatic carbocycles. The Morgan fingerprint density at radius 3 is 2.79 bits per heavy atom. The quantitative estimate of drug-likeness (QED) is 0.843. The van der Waals surface area contributed by atoms with Crippen LogP contribution in [-0.4, -0.2) is 18.0 Å². The van der Waals surface area contributed by atoms with Crippen molar-refractivity contribution in [3.05, 3.63) is 51.2 Å². The first-order valence-corrected chi connectivity index (χ1v) is 7.58. The van der Waals surface area contributed by atoms with Crippen molar-refractivity contribution in [1.82, 2.24) is 4.90 Å². The average molecular weight is 295 g/mol. The van der Waals surface area contributed by atoms with Gasteiger partial charge in [-0.05, 0) is 49.5 Å². The minimum absolute atomic E-state index is 0.479. The molecule has 0 saturated carbocycles. The molecule has 0 spiro atoms. The Bertz CT molecular complexity index is 525. The highest BCUT2D eigenvalue weighted by Gasteiger charge is 2.12. The molecule has 2 aromatic rings. The predicted molar refractivity (Wildman–Crippen MR) is 84.8 cm³/mol. The van der Waals surface area contributed by atoms with Crippen LogP contribution < -0.4 is 5.73 Å². The summed E-state index contributed by atoms with van der Waals surface area (Å²) in [6.45, 7) is 3.08. The van der Waals surface area contributed by atoms with E-state index in [-0.39, 0.29) is 0 Å². The molecule has 0 bridgehead atoms. The zero-order valence-electron chi connectivity index (χ0n) is 11.3. The molecular weight excluding hydrogens is 276 g/mol. The largest absolute Gasteiger partial charge is 0.399 e. The van der Waals surface area contributed by atoms with Gasteiger partial charge >= 0.3 is 0 Å². The lowest BCUT2D eigenvalue weighted by atomic mass is 10.1. The number of rotatable bonds is 5. The molecule has 0 aliphatic heterocycles.